The molecule has 8 heteroatoms. The largest absolute Gasteiger partial charge is 0.495 e. The van der Waals surface area contributed by atoms with E-state index in [1.165, 1.54) is 48.5 Å². The van der Waals surface area contributed by atoms with Crippen LogP contribution < -0.4 is 15.9 Å². The van der Waals surface area contributed by atoms with Crippen LogP contribution in [0, 0.1) is 5.92 Å². The number of carbonyl (C=O) groups excluding carboxylic acids is 1. The van der Waals surface area contributed by atoms with Crippen molar-refractivity contribution in [1.82, 2.24) is 14.9 Å². The molecule has 1 aliphatic rings. The number of rotatable bonds is 8. The summed E-state index contributed by atoms with van der Waals surface area (Å²) in [5.41, 5.74) is 0.643. The number of benzene rings is 1. The van der Waals surface area contributed by atoms with Crippen molar-refractivity contribution in [3.63, 3.8) is 0 Å². The van der Waals surface area contributed by atoms with Crippen molar-refractivity contribution in [3.8, 4) is 5.75 Å². The smallest absolute Gasteiger partial charge is 0.237 e. The topological polar surface area (TPSA) is 95.1 Å². The molecule has 7 nitrogen and oxygen atoms in total. The zero-order valence-corrected chi connectivity index (χ0v) is 17.4. The van der Waals surface area contributed by atoms with Crippen molar-refractivity contribution in [3.05, 3.63) is 30.1 Å². The number of thioether (sulfide) groups is 1. The summed E-state index contributed by atoms with van der Waals surface area (Å²) in [6, 6.07) is 7.33. The van der Waals surface area contributed by atoms with Crippen LogP contribution >= 0.6 is 11.8 Å². The summed E-state index contributed by atoms with van der Waals surface area (Å²) in [7, 11) is 1.58. The summed E-state index contributed by atoms with van der Waals surface area (Å²) in [4.78, 5) is 12.5. The minimum atomic E-state index is -0.373. The first-order valence-corrected chi connectivity index (χ1v) is 10.8. The second-order valence-electron chi connectivity index (χ2n) is 7.26. The lowest BCUT2D eigenvalue weighted by molar-refractivity contribution is -0.115. The third-order valence-corrected chi connectivity index (χ3v) is 6.31. The van der Waals surface area contributed by atoms with Gasteiger partial charge in [0.15, 0.2) is 5.82 Å². The van der Waals surface area contributed by atoms with Crippen LogP contribution in [-0.2, 0) is 11.2 Å². The lowest BCUT2D eigenvalue weighted by atomic mass is 9.86. The summed E-state index contributed by atoms with van der Waals surface area (Å²) in [5, 5.41) is 11.5. The molecule has 3 rings (SSSR count). The number of nitrogens with two attached hydrogens (primary N) is 1. The van der Waals surface area contributed by atoms with Crippen molar-refractivity contribution in [2.75, 3.05) is 18.3 Å². The van der Waals surface area contributed by atoms with Gasteiger partial charge in [0, 0.05) is 6.42 Å². The van der Waals surface area contributed by atoms with E-state index in [9.17, 15) is 4.79 Å². The molecule has 1 atom stereocenters. The van der Waals surface area contributed by atoms with Crippen molar-refractivity contribution in [2.24, 2.45) is 5.92 Å². The maximum Gasteiger partial charge on any atom is 0.237 e. The third kappa shape index (κ3) is 5.19. The SMILES string of the molecule is COc1ccccc1NC(=O)[C@@H](C)Sc1nnc(CCC2CCCCC2)n1N. The molecule has 1 aromatic carbocycles. The van der Waals surface area contributed by atoms with E-state index in [0.717, 1.165) is 24.6 Å². The van der Waals surface area contributed by atoms with E-state index in [4.69, 9.17) is 10.6 Å². The van der Waals surface area contributed by atoms with Crippen LogP contribution in [0.3, 0.4) is 0 Å². The number of nitrogens with one attached hydrogen (secondary N) is 1. The number of anilines is 1. The zero-order chi connectivity index (χ0) is 19.9. The van der Waals surface area contributed by atoms with Crippen LogP contribution in [0.25, 0.3) is 0 Å². The first kappa shape index (κ1) is 20.5. The maximum absolute atomic E-state index is 12.5. The number of methoxy groups -OCH3 is 1. The van der Waals surface area contributed by atoms with E-state index < -0.39 is 0 Å². The molecule has 1 aromatic heterocycles. The lowest BCUT2D eigenvalue weighted by Gasteiger charge is -2.20. The number of nitrogen functional groups attached to an aromatic ring is 1. The molecule has 0 unspecified atom stereocenters. The Bertz CT molecular complexity index is 789. The molecule has 1 amide bonds. The molecule has 0 aliphatic heterocycles. The number of nitrogens with zero attached hydrogens (tertiary/aromatic N) is 3. The number of hydrogen-bond donors (Lipinski definition) is 2. The van der Waals surface area contributed by atoms with Gasteiger partial charge >= 0.3 is 0 Å². The van der Waals surface area contributed by atoms with Gasteiger partial charge in [-0.15, -0.1) is 10.2 Å². The van der Waals surface area contributed by atoms with Crippen LogP contribution in [0.1, 0.15) is 51.3 Å². The Labute approximate surface area is 170 Å². The van der Waals surface area contributed by atoms with Crippen LogP contribution in [-0.4, -0.2) is 33.1 Å². The summed E-state index contributed by atoms with van der Waals surface area (Å²) < 4.78 is 6.80. The van der Waals surface area contributed by atoms with Gasteiger partial charge in [-0.1, -0.05) is 56.0 Å². The van der Waals surface area contributed by atoms with E-state index in [2.05, 4.69) is 15.5 Å². The predicted octanol–water partition coefficient (Wildman–Crippen LogP) is 3.63. The summed E-state index contributed by atoms with van der Waals surface area (Å²) in [6.45, 7) is 1.83. The fraction of sp³-hybridized carbons (Fsp3) is 0.550. The standard InChI is InChI=1S/C20H29N5O2S/c1-14(19(26)22-16-10-6-7-11-17(16)27-2)28-20-24-23-18(25(20)21)13-12-15-8-4-3-5-9-15/h6-7,10-11,14-15H,3-5,8-9,12-13,21H2,1-2H3,(H,22,26)/t14-/m1/s1. The van der Waals surface area contributed by atoms with E-state index in [1.54, 1.807) is 7.11 Å². The number of aryl methyl sites for hydroxylation is 1. The molecule has 1 heterocycles. The van der Waals surface area contributed by atoms with Crippen LogP contribution in [0.5, 0.6) is 5.75 Å². The number of amides is 1. The summed E-state index contributed by atoms with van der Waals surface area (Å²) in [5.74, 6) is 8.23. The molecule has 2 aromatic rings. The molecule has 0 saturated heterocycles. The molecular weight excluding hydrogens is 374 g/mol. The Kier molecular flexibility index (Phi) is 7.19. The van der Waals surface area contributed by atoms with Crippen molar-refractivity contribution < 1.29 is 9.53 Å². The second-order valence-corrected chi connectivity index (χ2v) is 8.57. The van der Waals surface area contributed by atoms with Gasteiger partial charge in [-0.3, -0.25) is 4.79 Å². The Morgan fingerprint density at radius 1 is 1.32 bits per heavy atom. The molecule has 3 N–H and O–H groups in total. The van der Waals surface area contributed by atoms with Crippen LogP contribution in [0.15, 0.2) is 29.4 Å². The molecular formula is C20H29N5O2S. The average Bonchev–Trinajstić information content (AvgIpc) is 3.07. The van der Waals surface area contributed by atoms with Crippen LogP contribution in [0.4, 0.5) is 5.69 Å². The minimum Gasteiger partial charge on any atom is -0.495 e. The molecule has 28 heavy (non-hydrogen) atoms. The van der Waals surface area contributed by atoms with Gasteiger partial charge < -0.3 is 15.9 Å². The van der Waals surface area contributed by atoms with Crippen molar-refractivity contribution in [1.29, 1.82) is 0 Å². The Balaban J connectivity index is 1.55. The molecule has 1 saturated carbocycles. The molecule has 0 radical (unpaired) electrons. The Hall–Kier alpha value is -2.22. The molecule has 0 spiro atoms. The van der Waals surface area contributed by atoms with Gasteiger partial charge in [-0.2, -0.15) is 0 Å². The fourth-order valence-corrected chi connectivity index (χ4v) is 4.35. The predicted molar refractivity (Wildman–Crippen MR) is 112 cm³/mol. The lowest BCUT2D eigenvalue weighted by Crippen LogP contribution is -2.24. The van der Waals surface area contributed by atoms with Crippen molar-refractivity contribution >= 4 is 23.4 Å². The number of ether oxygens (including phenoxy) is 1. The molecule has 0 bridgehead atoms. The molecule has 1 fully saturated rings. The van der Waals surface area contributed by atoms with Gasteiger partial charge in [0.2, 0.25) is 11.1 Å². The monoisotopic (exact) mass is 403 g/mol. The number of hydrogen-bond acceptors (Lipinski definition) is 6. The summed E-state index contributed by atoms with van der Waals surface area (Å²) >= 11 is 1.30. The first-order valence-electron chi connectivity index (χ1n) is 9.88. The molecule has 1 aliphatic carbocycles. The fourth-order valence-electron chi connectivity index (χ4n) is 3.56. The first-order chi connectivity index (χ1) is 13.6. The quantitative estimate of drug-likeness (QED) is 0.516. The highest BCUT2D eigenvalue weighted by molar-refractivity contribution is 8.00. The van der Waals surface area contributed by atoms with E-state index >= 15 is 0 Å². The molecule has 152 valence electrons. The van der Waals surface area contributed by atoms with Gasteiger partial charge in [0.25, 0.3) is 0 Å². The highest BCUT2D eigenvalue weighted by Gasteiger charge is 2.21. The summed E-state index contributed by atoms with van der Waals surface area (Å²) in [6.07, 6.45) is 8.57. The average molecular weight is 404 g/mol. The zero-order valence-electron chi connectivity index (χ0n) is 16.6. The second kappa shape index (κ2) is 9.82. The highest BCUT2D eigenvalue weighted by atomic mass is 32.2. The Morgan fingerprint density at radius 2 is 2.07 bits per heavy atom. The van der Waals surface area contributed by atoms with Gasteiger partial charge in [0.1, 0.15) is 5.75 Å². The van der Waals surface area contributed by atoms with Gasteiger partial charge in [0.05, 0.1) is 18.0 Å². The third-order valence-electron chi connectivity index (χ3n) is 5.25. The van der Waals surface area contributed by atoms with Crippen LogP contribution in [0.2, 0.25) is 0 Å². The van der Waals surface area contributed by atoms with Gasteiger partial charge in [-0.25, -0.2) is 4.68 Å². The van der Waals surface area contributed by atoms with Crippen molar-refractivity contribution in [2.45, 2.75) is 62.3 Å². The Morgan fingerprint density at radius 3 is 2.82 bits per heavy atom. The minimum absolute atomic E-state index is 0.138. The number of para-hydroxylation sites is 2. The van der Waals surface area contributed by atoms with E-state index in [1.807, 2.05) is 31.2 Å². The van der Waals surface area contributed by atoms with E-state index in [-0.39, 0.29) is 11.2 Å². The highest BCUT2D eigenvalue weighted by Crippen LogP contribution is 2.29. The van der Waals surface area contributed by atoms with Gasteiger partial charge in [-0.05, 0) is 31.4 Å². The maximum atomic E-state index is 12.5. The normalized spacial score (nSPS) is 15.9. The van der Waals surface area contributed by atoms with E-state index in [0.29, 0.717) is 16.6 Å². The number of aromatic nitrogens is 3. The number of carbonyl (C=O) groups is 1.